The summed E-state index contributed by atoms with van der Waals surface area (Å²) >= 11 is 1.68. The van der Waals surface area contributed by atoms with E-state index >= 15 is 0 Å². The molecular weight excluding hydrogens is 496 g/mol. The van der Waals surface area contributed by atoms with Crippen LogP contribution in [0.3, 0.4) is 0 Å². The molecule has 11 heteroatoms. The Morgan fingerprint density at radius 3 is 2.44 bits per heavy atom. The van der Waals surface area contributed by atoms with Crippen molar-refractivity contribution in [2.45, 2.75) is 50.7 Å². The SMILES string of the molecule is COc1ccc(-c2nc(N3C4CCCC3CC4)nc3c(CN4CCN(S(C)(=O)=O)CC4)csc23)cn1. The van der Waals surface area contributed by atoms with Gasteiger partial charge in [-0.05, 0) is 43.6 Å². The van der Waals surface area contributed by atoms with E-state index in [1.807, 2.05) is 18.3 Å². The molecule has 0 aromatic carbocycles. The fraction of sp³-hybridized carbons (Fsp3) is 0.560. The van der Waals surface area contributed by atoms with Crippen LogP contribution in [0.15, 0.2) is 23.7 Å². The number of methoxy groups -OCH3 is 1. The van der Waals surface area contributed by atoms with Gasteiger partial charge in [-0.15, -0.1) is 11.3 Å². The summed E-state index contributed by atoms with van der Waals surface area (Å²) in [6.45, 7) is 3.24. The first-order valence-corrected chi connectivity index (χ1v) is 15.4. The zero-order valence-electron chi connectivity index (χ0n) is 20.8. The van der Waals surface area contributed by atoms with Crippen LogP contribution in [-0.2, 0) is 16.6 Å². The summed E-state index contributed by atoms with van der Waals surface area (Å²) in [5, 5.41) is 2.19. The number of rotatable bonds is 6. The number of piperidine rings is 1. The molecule has 3 aliphatic heterocycles. The molecule has 3 saturated heterocycles. The minimum atomic E-state index is -3.14. The highest BCUT2D eigenvalue weighted by Gasteiger charge is 2.38. The van der Waals surface area contributed by atoms with E-state index in [1.54, 1.807) is 22.8 Å². The number of sulfonamides is 1. The van der Waals surface area contributed by atoms with Crippen LogP contribution in [0, 0.1) is 0 Å². The molecule has 6 heterocycles. The van der Waals surface area contributed by atoms with Gasteiger partial charge in [0, 0.05) is 68.2 Å². The fourth-order valence-electron chi connectivity index (χ4n) is 5.92. The first kappa shape index (κ1) is 24.0. The highest BCUT2D eigenvalue weighted by molar-refractivity contribution is 7.88. The molecule has 0 spiro atoms. The van der Waals surface area contributed by atoms with E-state index in [1.165, 1.54) is 43.9 Å². The predicted octanol–water partition coefficient (Wildman–Crippen LogP) is 3.36. The van der Waals surface area contributed by atoms with Crippen molar-refractivity contribution in [2.75, 3.05) is 44.4 Å². The highest BCUT2D eigenvalue weighted by atomic mass is 32.2. The fourth-order valence-corrected chi connectivity index (χ4v) is 7.76. The van der Waals surface area contributed by atoms with E-state index in [0.717, 1.165) is 34.0 Å². The van der Waals surface area contributed by atoms with Crippen molar-refractivity contribution >= 4 is 37.5 Å². The summed E-state index contributed by atoms with van der Waals surface area (Å²) in [6.07, 6.45) is 9.25. The molecule has 0 amide bonds. The van der Waals surface area contributed by atoms with Gasteiger partial charge in [0.15, 0.2) is 0 Å². The first-order chi connectivity index (χ1) is 17.4. The van der Waals surface area contributed by atoms with Crippen LogP contribution < -0.4 is 9.64 Å². The Balaban J connectivity index is 1.37. The molecule has 3 aromatic rings. The second-order valence-corrected chi connectivity index (χ2v) is 12.9. The molecule has 3 aliphatic rings. The summed E-state index contributed by atoms with van der Waals surface area (Å²) in [5.41, 5.74) is 4.07. The van der Waals surface area contributed by atoms with E-state index in [9.17, 15) is 8.42 Å². The van der Waals surface area contributed by atoms with E-state index in [4.69, 9.17) is 14.7 Å². The van der Waals surface area contributed by atoms with Gasteiger partial charge in [0.2, 0.25) is 21.9 Å². The van der Waals surface area contributed by atoms with E-state index in [0.29, 0.717) is 44.1 Å². The van der Waals surface area contributed by atoms with Crippen molar-refractivity contribution in [1.82, 2.24) is 24.2 Å². The summed E-state index contributed by atoms with van der Waals surface area (Å²) in [5.74, 6) is 1.42. The summed E-state index contributed by atoms with van der Waals surface area (Å²) in [6, 6.07) is 4.94. The van der Waals surface area contributed by atoms with Crippen molar-refractivity contribution in [3.63, 3.8) is 0 Å². The third-order valence-corrected chi connectivity index (χ3v) is 10.1. The number of hydrogen-bond acceptors (Lipinski definition) is 9. The molecular formula is C25H32N6O3S2. The lowest BCUT2D eigenvalue weighted by atomic mass is 10.0. The number of hydrogen-bond donors (Lipinski definition) is 0. The van der Waals surface area contributed by atoms with Crippen LogP contribution in [0.2, 0.25) is 0 Å². The van der Waals surface area contributed by atoms with Gasteiger partial charge in [0.1, 0.15) is 0 Å². The lowest BCUT2D eigenvalue weighted by Gasteiger charge is -2.35. The molecule has 6 rings (SSSR count). The number of nitrogens with zero attached hydrogens (tertiary/aromatic N) is 6. The Bertz CT molecular complexity index is 1340. The number of pyridine rings is 1. The smallest absolute Gasteiger partial charge is 0.227 e. The van der Waals surface area contributed by atoms with Gasteiger partial charge in [0.05, 0.1) is 29.3 Å². The molecule has 9 nitrogen and oxygen atoms in total. The van der Waals surface area contributed by atoms with Crippen molar-refractivity contribution in [1.29, 1.82) is 0 Å². The number of ether oxygens (including phenoxy) is 1. The van der Waals surface area contributed by atoms with Crippen LogP contribution in [0.4, 0.5) is 5.95 Å². The second-order valence-electron chi connectivity index (χ2n) is 10.1. The standard InChI is InChI=1S/C25H32N6O3S2/c1-34-21-9-6-17(14-26-21)22-24-23(28-25(27-22)31-19-4-3-5-20(31)8-7-19)18(16-35-24)15-29-10-12-30(13-11-29)36(2,32)33/h6,9,14,16,19-20H,3-5,7-8,10-13,15H2,1-2H3. The molecule has 0 radical (unpaired) electrons. The zero-order chi connectivity index (χ0) is 24.9. The molecule has 2 bridgehead atoms. The van der Waals surface area contributed by atoms with Crippen molar-refractivity contribution in [3.05, 3.63) is 29.3 Å². The summed E-state index contributed by atoms with van der Waals surface area (Å²) in [4.78, 5) is 19.6. The molecule has 36 heavy (non-hydrogen) atoms. The molecule has 2 atom stereocenters. The predicted molar refractivity (Wildman–Crippen MR) is 142 cm³/mol. The number of fused-ring (bicyclic) bond motifs is 3. The van der Waals surface area contributed by atoms with Crippen molar-refractivity contribution < 1.29 is 13.2 Å². The molecule has 3 aromatic heterocycles. The lowest BCUT2D eigenvalue weighted by Crippen LogP contribution is -2.47. The maximum atomic E-state index is 11.9. The molecule has 0 saturated carbocycles. The van der Waals surface area contributed by atoms with Crippen LogP contribution in [0.5, 0.6) is 5.88 Å². The summed E-state index contributed by atoms with van der Waals surface area (Å²) < 4.78 is 31.7. The molecule has 2 unspecified atom stereocenters. The van der Waals surface area contributed by atoms with Crippen LogP contribution in [0.25, 0.3) is 21.5 Å². The summed E-state index contributed by atoms with van der Waals surface area (Å²) in [7, 11) is -1.52. The van der Waals surface area contributed by atoms with Gasteiger partial charge in [-0.25, -0.2) is 23.4 Å². The molecule has 0 N–H and O–H groups in total. The number of aromatic nitrogens is 3. The normalized spacial score (nSPS) is 23.4. The highest BCUT2D eigenvalue weighted by Crippen LogP contribution is 2.41. The van der Waals surface area contributed by atoms with Gasteiger partial charge in [-0.3, -0.25) is 4.90 Å². The monoisotopic (exact) mass is 528 g/mol. The van der Waals surface area contributed by atoms with Crippen LogP contribution in [0.1, 0.15) is 37.7 Å². The zero-order valence-corrected chi connectivity index (χ0v) is 22.4. The molecule has 0 aliphatic carbocycles. The lowest BCUT2D eigenvalue weighted by molar-refractivity contribution is 0.183. The van der Waals surface area contributed by atoms with E-state index in [2.05, 4.69) is 20.2 Å². The van der Waals surface area contributed by atoms with E-state index < -0.39 is 10.0 Å². The third kappa shape index (κ3) is 4.46. The molecule has 192 valence electrons. The first-order valence-electron chi connectivity index (χ1n) is 12.6. The maximum Gasteiger partial charge on any atom is 0.227 e. The maximum absolute atomic E-state index is 11.9. The largest absolute Gasteiger partial charge is 0.481 e. The van der Waals surface area contributed by atoms with Gasteiger partial charge in [0.25, 0.3) is 0 Å². The Labute approximate surface area is 216 Å². The van der Waals surface area contributed by atoms with Crippen molar-refractivity contribution in [3.8, 4) is 17.1 Å². The Morgan fingerprint density at radius 2 is 1.81 bits per heavy atom. The topological polar surface area (TPSA) is 91.8 Å². The second kappa shape index (κ2) is 9.51. The Hall–Kier alpha value is -2.34. The third-order valence-electron chi connectivity index (χ3n) is 7.82. The van der Waals surface area contributed by atoms with Crippen LogP contribution in [-0.4, -0.2) is 84.2 Å². The van der Waals surface area contributed by atoms with Gasteiger partial charge in [-0.2, -0.15) is 4.31 Å². The Kier molecular flexibility index (Phi) is 6.35. The average molecular weight is 529 g/mol. The van der Waals surface area contributed by atoms with Gasteiger partial charge >= 0.3 is 0 Å². The average Bonchev–Trinajstić information content (AvgIpc) is 3.39. The quantitative estimate of drug-likeness (QED) is 0.481. The Morgan fingerprint density at radius 1 is 1.06 bits per heavy atom. The minimum Gasteiger partial charge on any atom is -0.481 e. The van der Waals surface area contributed by atoms with Crippen molar-refractivity contribution in [2.24, 2.45) is 0 Å². The number of piperazine rings is 1. The minimum absolute atomic E-state index is 0.522. The number of anilines is 1. The van der Waals surface area contributed by atoms with Gasteiger partial charge < -0.3 is 9.64 Å². The van der Waals surface area contributed by atoms with E-state index in [-0.39, 0.29) is 0 Å². The number of thiophene rings is 1. The van der Waals surface area contributed by atoms with Crippen LogP contribution >= 0.6 is 11.3 Å². The van der Waals surface area contributed by atoms with Gasteiger partial charge in [-0.1, -0.05) is 0 Å². The molecule has 3 fully saturated rings.